The second kappa shape index (κ2) is 7.69. The van der Waals surface area contributed by atoms with E-state index in [1.807, 2.05) is 13.8 Å². The van der Waals surface area contributed by atoms with E-state index in [0.29, 0.717) is 28.7 Å². The summed E-state index contributed by atoms with van der Waals surface area (Å²) in [6.45, 7) is 3.04. The number of amides is 1. The second-order valence-electron chi connectivity index (χ2n) is 6.53. The molecule has 0 radical (unpaired) electrons. The third-order valence-electron chi connectivity index (χ3n) is 3.92. The minimum atomic E-state index is -2.85. The molecule has 3 aromatic rings. The fourth-order valence-electron chi connectivity index (χ4n) is 2.81. The summed E-state index contributed by atoms with van der Waals surface area (Å²) >= 11 is 0. The smallest absolute Gasteiger partial charge is 0.387 e. The van der Waals surface area contributed by atoms with Crippen LogP contribution in [0.15, 0.2) is 36.7 Å². The predicted molar refractivity (Wildman–Crippen MR) is 97.0 cm³/mol. The number of ether oxygens (including phenoxy) is 1. The summed E-state index contributed by atoms with van der Waals surface area (Å²) in [5.41, 5.74) is 2.48. The van der Waals surface area contributed by atoms with Gasteiger partial charge in [-0.1, -0.05) is 12.1 Å². The number of aryl methyl sites for hydroxylation is 1. The number of carbonyl (C=O) groups is 1. The van der Waals surface area contributed by atoms with Crippen molar-refractivity contribution >= 4 is 16.8 Å². The average molecular weight is 374 g/mol. The molecule has 0 saturated carbocycles. The van der Waals surface area contributed by atoms with E-state index in [2.05, 4.69) is 20.1 Å². The van der Waals surface area contributed by atoms with Crippen LogP contribution in [0.5, 0.6) is 5.75 Å². The van der Waals surface area contributed by atoms with Crippen LogP contribution in [0.2, 0.25) is 0 Å². The number of carbonyl (C=O) groups excluding carboxylic acids is 1. The van der Waals surface area contributed by atoms with Gasteiger partial charge in [0.25, 0.3) is 5.91 Å². The Hall–Kier alpha value is -3.03. The number of nitrogens with one attached hydrogen (secondary N) is 1. The third-order valence-corrected chi connectivity index (χ3v) is 3.92. The Labute approximate surface area is 155 Å². The molecule has 1 N–H and O–H groups in total. The van der Waals surface area contributed by atoms with Gasteiger partial charge >= 0.3 is 6.61 Å². The molecule has 2 heterocycles. The monoisotopic (exact) mass is 374 g/mol. The van der Waals surface area contributed by atoms with Crippen LogP contribution >= 0.6 is 0 Å². The van der Waals surface area contributed by atoms with Gasteiger partial charge in [-0.05, 0) is 44.0 Å². The zero-order valence-electron chi connectivity index (χ0n) is 15.2. The van der Waals surface area contributed by atoms with E-state index in [9.17, 15) is 13.6 Å². The Morgan fingerprint density at radius 1 is 1.30 bits per heavy atom. The van der Waals surface area contributed by atoms with Crippen molar-refractivity contribution in [2.24, 2.45) is 0 Å². The molecule has 0 saturated heterocycles. The maximum atomic E-state index is 12.4. The molecule has 0 spiro atoms. The van der Waals surface area contributed by atoms with Crippen molar-refractivity contribution in [3.05, 3.63) is 53.5 Å². The van der Waals surface area contributed by atoms with Gasteiger partial charge in [-0.15, -0.1) is 0 Å². The second-order valence-corrected chi connectivity index (χ2v) is 6.53. The Morgan fingerprint density at radius 2 is 2.07 bits per heavy atom. The van der Waals surface area contributed by atoms with Gasteiger partial charge in [0.15, 0.2) is 0 Å². The van der Waals surface area contributed by atoms with Gasteiger partial charge in [-0.3, -0.25) is 14.5 Å². The minimum Gasteiger partial charge on any atom is -0.435 e. The number of benzene rings is 1. The van der Waals surface area contributed by atoms with Crippen LogP contribution in [-0.4, -0.2) is 33.3 Å². The van der Waals surface area contributed by atoms with E-state index in [1.165, 1.54) is 6.07 Å². The first-order valence-electron chi connectivity index (χ1n) is 8.51. The van der Waals surface area contributed by atoms with Crippen LogP contribution in [-0.2, 0) is 6.54 Å². The van der Waals surface area contributed by atoms with Crippen LogP contribution < -0.4 is 10.1 Å². The summed E-state index contributed by atoms with van der Waals surface area (Å²) < 4.78 is 30.9. The number of aromatic nitrogens is 3. The van der Waals surface area contributed by atoms with Crippen LogP contribution in [0.25, 0.3) is 10.9 Å². The maximum Gasteiger partial charge on any atom is 0.387 e. The van der Waals surface area contributed by atoms with Gasteiger partial charge in [-0.2, -0.15) is 13.9 Å². The molecular weight excluding hydrogens is 354 g/mol. The molecule has 0 unspecified atom stereocenters. The summed E-state index contributed by atoms with van der Waals surface area (Å²) in [5.74, 6) is -0.101. The van der Waals surface area contributed by atoms with Gasteiger partial charge in [0.2, 0.25) is 0 Å². The largest absolute Gasteiger partial charge is 0.435 e. The zero-order chi connectivity index (χ0) is 19.6. The van der Waals surface area contributed by atoms with Crippen molar-refractivity contribution in [3.63, 3.8) is 0 Å². The first-order chi connectivity index (χ1) is 12.8. The Balaban J connectivity index is 1.86. The first kappa shape index (κ1) is 18.8. The molecule has 3 rings (SSSR count). The molecule has 0 fully saturated rings. The van der Waals surface area contributed by atoms with E-state index in [-0.39, 0.29) is 17.7 Å². The van der Waals surface area contributed by atoms with Crippen molar-refractivity contribution in [1.29, 1.82) is 0 Å². The number of rotatable bonds is 6. The van der Waals surface area contributed by atoms with Crippen LogP contribution in [0.3, 0.4) is 0 Å². The summed E-state index contributed by atoms with van der Waals surface area (Å²) in [6.07, 6.45) is 3.31. The lowest BCUT2D eigenvalue weighted by molar-refractivity contribution is -0.0503. The van der Waals surface area contributed by atoms with E-state index >= 15 is 0 Å². The number of hydrogen-bond donors (Lipinski definition) is 1. The third kappa shape index (κ3) is 4.39. The Morgan fingerprint density at radius 3 is 2.74 bits per heavy atom. The van der Waals surface area contributed by atoms with Crippen molar-refractivity contribution in [2.45, 2.75) is 40.0 Å². The molecule has 142 valence electrons. The highest BCUT2D eigenvalue weighted by Gasteiger charge is 2.15. The van der Waals surface area contributed by atoms with Crippen molar-refractivity contribution < 1.29 is 18.3 Å². The van der Waals surface area contributed by atoms with E-state index in [4.69, 9.17) is 0 Å². The van der Waals surface area contributed by atoms with Gasteiger partial charge in [0.05, 0.1) is 17.4 Å². The van der Waals surface area contributed by atoms with Crippen LogP contribution in [0.4, 0.5) is 8.78 Å². The lowest BCUT2D eigenvalue weighted by atomic mass is 10.1. The highest BCUT2D eigenvalue weighted by Crippen LogP contribution is 2.22. The molecule has 27 heavy (non-hydrogen) atoms. The lowest BCUT2D eigenvalue weighted by Crippen LogP contribution is -2.30. The van der Waals surface area contributed by atoms with Crippen LogP contribution in [0, 0.1) is 6.92 Å². The van der Waals surface area contributed by atoms with E-state index < -0.39 is 6.61 Å². The Kier molecular flexibility index (Phi) is 5.34. The molecule has 0 atom stereocenters. The molecule has 1 aromatic carbocycles. The minimum absolute atomic E-state index is 0.00143. The van der Waals surface area contributed by atoms with Gasteiger partial charge in [-0.25, -0.2) is 0 Å². The Bertz CT molecular complexity index is 969. The number of pyridine rings is 1. The molecule has 6 nitrogen and oxygen atoms in total. The molecular formula is C19H20F2N4O2. The molecule has 0 aliphatic rings. The fraction of sp³-hybridized carbons (Fsp3) is 0.316. The van der Waals surface area contributed by atoms with Gasteiger partial charge in [0.1, 0.15) is 11.4 Å². The summed E-state index contributed by atoms with van der Waals surface area (Å²) in [4.78, 5) is 16.5. The lowest BCUT2D eigenvalue weighted by Gasteiger charge is -2.09. The number of fused-ring (bicyclic) bond motifs is 1. The van der Waals surface area contributed by atoms with E-state index in [1.54, 1.807) is 42.2 Å². The highest BCUT2D eigenvalue weighted by atomic mass is 19.3. The first-order valence-corrected chi connectivity index (χ1v) is 8.51. The molecule has 8 heteroatoms. The summed E-state index contributed by atoms with van der Waals surface area (Å²) in [5, 5.41) is 7.96. The maximum absolute atomic E-state index is 12.4. The molecule has 0 bridgehead atoms. The molecule has 0 aliphatic carbocycles. The topological polar surface area (TPSA) is 69.0 Å². The van der Waals surface area contributed by atoms with Crippen molar-refractivity contribution in [2.75, 3.05) is 0 Å². The van der Waals surface area contributed by atoms with Gasteiger partial charge < -0.3 is 10.1 Å². The summed E-state index contributed by atoms with van der Waals surface area (Å²) in [6, 6.07) is 6.74. The SMILES string of the molecule is Cc1cc(Cn2cc3c(C(=O)NC(C)C)nccc3n2)ccc1OC(F)F. The van der Waals surface area contributed by atoms with Crippen LogP contribution in [0.1, 0.15) is 35.5 Å². The fourth-order valence-corrected chi connectivity index (χ4v) is 2.81. The quantitative estimate of drug-likeness (QED) is 0.717. The van der Waals surface area contributed by atoms with Gasteiger partial charge in [0, 0.05) is 18.4 Å². The predicted octanol–water partition coefficient (Wildman–Crippen LogP) is 3.53. The summed E-state index contributed by atoms with van der Waals surface area (Å²) in [7, 11) is 0. The molecule has 0 aliphatic heterocycles. The van der Waals surface area contributed by atoms with Crippen molar-refractivity contribution in [1.82, 2.24) is 20.1 Å². The molecule has 2 aromatic heterocycles. The normalized spacial score (nSPS) is 11.4. The standard InChI is InChI=1S/C19H20F2N4O2/c1-11(2)23-18(26)17-14-10-25(24-15(14)6-7-22-17)9-13-4-5-16(12(3)8-13)27-19(20)21/h4-8,10-11,19H,9H2,1-3H3,(H,23,26). The van der Waals surface area contributed by atoms with Crippen molar-refractivity contribution in [3.8, 4) is 5.75 Å². The number of halogens is 2. The van der Waals surface area contributed by atoms with E-state index in [0.717, 1.165) is 5.56 Å². The number of nitrogens with zero attached hydrogens (tertiary/aromatic N) is 3. The number of hydrogen-bond acceptors (Lipinski definition) is 4. The average Bonchev–Trinajstić information content (AvgIpc) is 2.98. The zero-order valence-corrected chi connectivity index (χ0v) is 15.2. The molecule has 1 amide bonds. The number of alkyl halides is 2. The highest BCUT2D eigenvalue weighted by molar-refractivity contribution is 6.04.